The van der Waals surface area contributed by atoms with Gasteiger partial charge in [-0.1, -0.05) is 48.0 Å². The van der Waals surface area contributed by atoms with Crippen LogP contribution in [0.1, 0.15) is 26.8 Å². The van der Waals surface area contributed by atoms with E-state index in [0.717, 1.165) is 27.8 Å². The van der Waals surface area contributed by atoms with Gasteiger partial charge in [-0.25, -0.2) is 10.1 Å². The Labute approximate surface area is 256 Å². The minimum absolute atomic E-state index is 0.0147. The van der Waals surface area contributed by atoms with Crippen molar-refractivity contribution >= 4 is 62.0 Å². The van der Waals surface area contributed by atoms with Gasteiger partial charge in [-0.2, -0.15) is 5.10 Å². The van der Waals surface area contributed by atoms with Gasteiger partial charge in [-0.3, -0.25) is 19.3 Å². The minimum atomic E-state index is -0.444. The van der Waals surface area contributed by atoms with E-state index in [1.165, 1.54) is 11.3 Å². The number of carbonyl (C=O) groups excluding carboxylic acids is 2. The summed E-state index contributed by atoms with van der Waals surface area (Å²) in [5.41, 5.74) is 2.72. The second-order valence-corrected chi connectivity index (χ2v) is 11.9. The fourth-order valence-corrected chi connectivity index (χ4v) is 6.36. The van der Waals surface area contributed by atoms with E-state index < -0.39 is 11.6 Å². The molecule has 2 aromatic carbocycles. The highest BCUT2D eigenvalue weighted by Crippen LogP contribution is 2.37. The standard InChI is InChI=1S/C31H28ClN7O3S/c1-17-8-10-20(26(32)27(17)35-30(41)24-14-18-6-4-5-7-23(18)43-24)21-15-22(29(40)37-36-21)34-25-11-9-19(16-33-25)28-31(42)39(3)13-12-38(28)2/h4-11,14-16,28H,12-13H2,1-3H3,(H,35,41)(H,37,40)(H,33,34,36). The fourth-order valence-electron chi connectivity index (χ4n) is 5.05. The molecule has 218 valence electrons. The number of piperazine rings is 1. The molecule has 1 aliphatic rings. The summed E-state index contributed by atoms with van der Waals surface area (Å²) in [4.78, 5) is 47.3. The van der Waals surface area contributed by atoms with Crippen LogP contribution in [0.2, 0.25) is 5.02 Å². The van der Waals surface area contributed by atoms with Crippen LogP contribution in [0, 0.1) is 6.92 Å². The predicted molar refractivity (Wildman–Crippen MR) is 170 cm³/mol. The molecule has 0 radical (unpaired) electrons. The Morgan fingerprint density at radius 1 is 1.07 bits per heavy atom. The van der Waals surface area contributed by atoms with Gasteiger partial charge in [0.1, 0.15) is 17.5 Å². The van der Waals surface area contributed by atoms with Crippen LogP contribution in [0.5, 0.6) is 0 Å². The lowest BCUT2D eigenvalue weighted by molar-refractivity contribution is -0.139. The van der Waals surface area contributed by atoms with Crippen molar-refractivity contribution in [2.24, 2.45) is 0 Å². The number of halogens is 1. The molecule has 6 rings (SSSR count). The Kier molecular flexibility index (Phi) is 7.70. The molecular weight excluding hydrogens is 586 g/mol. The summed E-state index contributed by atoms with van der Waals surface area (Å²) >= 11 is 8.23. The summed E-state index contributed by atoms with van der Waals surface area (Å²) in [6, 6.07) is 18.0. The van der Waals surface area contributed by atoms with E-state index in [1.54, 1.807) is 36.3 Å². The first-order chi connectivity index (χ1) is 20.7. The Balaban J connectivity index is 1.24. The van der Waals surface area contributed by atoms with Crippen LogP contribution in [-0.4, -0.2) is 64.0 Å². The number of nitrogens with one attached hydrogen (secondary N) is 3. The number of benzene rings is 2. The number of amides is 2. The van der Waals surface area contributed by atoms with Gasteiger partial charge in [0.25, 0.3) is 11.5 Å². The maximum Gasteiger partial charge on any atom is 0.287 e. The third-order valence-electron chi connectivity index (χ3n) is 7.52. The molecule has 2 amide bonds. The van der Waals surface area contributed by atoms with Crippen LogP contribution < -0.4 is 16.2 Å². The molecule has 12 heteroatoms. The van der Waals surface area contributed by atoms with Crippen LogP contribution in [0.15, 0.2) is 71.7 Å². The number of likely N-dealkylation sites (N-methyl/N-ethyl adjacent to an activating group) is 2. The number of pyridine rings is 1. The van der Waals surface area contributed by atoms with Gasteiger partial charge in [0.05, 0.1) is 21.3 Å². The lowest BCUT2D eigenvalue weighted by Crippen LogP contribution is -2.49. The minimum Gasteiger partial charge on any atom is -0.343 e. The Hall–Kier alpha value is -4.58. The summed E-state index contributed by atoms with van der Waals surface area (Å²) in [5, 5.41) is 14.0. The number of nitrogens with zero attached hydrogens (tertiary/aromatic N) is 4. The number of anilines is 3. The van der Waals surface area contributed by atoms with Gasteiger partial charge in [-0.15, -0.1) is 11.3 Å². The van der Waals surface area contributed by atoms with E-state index in [0.29, 0.717) is 39.2 Å². The third kappa shape index (κ3) is 5.62. The highest BCUT2D eigenvalue weighted by Gasteiger charge is 2.32. The van der Waals surface area contributed by atoms with Crippen LogP contribution >= 0.6 is 22.9 Å². The van der Waals surface area contributed by atoms with E-state index in [2.05, 4.69) is 25.8 Å². The number of H-pyrrole nitrogens is 1. The lowest BCUT2D eigenvalue weighted by atomic mass is 10.0. The van der Waals surface area contributed by atoms with Crippen LogP contribution in [0.4, 0.5) is 17.2 Å². The second kappa shape index (κ2) is 11.6. The van der Waals surface area contributed by atoms with Crippen molar-refractivity contribution < 1.29 is 9.59 Å². The molecule has 10 nitrogen and oxygen atoms in total. The molecule has 0 saturated carbocycles. The molecule has 3 N–H and O–H groups in total. The first-order valence-electron chi connectivity index (χ1n) is 13.6. The smallest absolute Gasteiger partial charge is 0.287 e. The first-order valence-corrected chi connectivity index (χ1v) is 14.8. The Morgan fingerprint density at radius 2 is 1.88 bits per heavy atom. The van der Waals surface area contributed by atoms with Gasteiger partial charge < -0.3 is 15.5 Å². The largest absolute Gasteiger partial charge is 0.343 e. The summed E-state index contributed by atoms with van der Waals surface area (Å²) in [6.45, 7) is 3.30. The highest BCUT2D eigenvalue weighted by atomic mass is 35.5. The zero-order valence-electron chi connectivity index (χ0n) is 23.6. The number of rotatable bonds is 6. The average molecular weight is 614 g/mol. The van der Waals surface area contributed by atoms with Crippen molar-refractivity contribution in [3.63, 3.8) is 0 Å². The second-order valence-electron chi connectivity index (χ2n) is 10.5. The normalized spacial score (nSPS) is 15.6. The van der Waals surface area contributed by atoms with Gasteiger partial charge in [0, 0.05) is 36.6 Å². The molecule has 1 saturated heterocycles. The van der Waals surface area contributed by atoms with Crippen LogP contribution in [-0.2, 0) is 4.79 Å². The molecule has 1 atom stereocenters. The van der Waals surface area contributed by atoms with E-state index in [-0.39, 0.29) is 17.5 Å². The number of carbonyl (C=O) groups is 2. The van der Waals surface area contributed by atoms with Gasteiger partial charge in [-0.05, 0) is 54.8 Å². The average Bonchev–Trinajstić information content (AvgIpc) is 3.44. The molecule has 5 aromatic rings. The molecule has 3 aromatic heterocycles. The first kappa shape index (κ1) is 28.5. The van der Waals surface area contributed by atoms with Crippen molar-refractivity contribution in [2.75, 3.05) is 37.8 Å². The van der Waals surface area contributed by atoms with Crippen LogP contribution in [0.3, 0.4) is 0 Å². The van der Waals surface area contributed by atoms with E-state index >= 15 is 0 Å². The molecule has 4 heterocycles. The number of fused-ring (bicyclic) bond motifs is 1. The Morgan fingerprint density at radius 3 is 2.65 bits per heavy atom. The molecule has 1 unspecified atom stereocenters. The number of aromatic nitrogens is 3. The van der Waals surface area contributed by atoms with Crippen molar-refractivity contribution in [1.82, 2.24) is 25.0 Å². The summed E-state index contributed by atoms with van der Waals surface area (Å²) < 4.78 is 1.02. The Bertz CT molecular complexity index is 1890. The van der Waals surface area contributed by atoms with Gasteiger partial charge >= 0.3 is 0 Å². The van der Waals surface area contributed by atoms with Gasteiger partial charge in [0.15, 0.2) is 0 Å². The zero-order chi connectivity index (χ0) is 30.2. The predicted octanol–water partition coefficient (Wildman–Crippen LogP) is 5.45. The summed E-state index contributed by atoms with van der Waals surface area (Å²) in [6.07, 6.45) is 1.64. The molecule has 0 aliphatic carbocycles. The van der Waals surface area contributed by atoms with Crippen molar-refractivity contribution in [3.05, 3.63) is 98.2 Å². The van der Waals surface area contributed by atoms with Gasteiger partial charge in [0.2, 0.25) is 5.91 Å². The number of aryl methyl sites for hydroxylation is 1. The van der Waals surface area contributed by atoms with E-state index in [1.807, 2.05) is 61.3 Å². The summed E-state index contributed by atoms with van der Waals surface area (Å²) in [7, 11) is 3.71. The SMILES string of the molecule is Cc1ccc(-c2cc(Nc3ccc(C4C(=O)N(C)CCN4C)cn3)c(=O)[nH]n2)c(Cl)c1NC(=O)c1cc2ccccc2s1. The number of hydrogen-bond acceptors (Lipinski definition) is 8. The monoisotopic (exact) mass is 613 g/mol. The van der Waals surface area contributed by atoms with E-state index in [9.17, 15) is 14.4 Å². The van der Waals surface area contributed by atoms with Crippen molar-refractivity contribution in [2.45, 2.75) is 13.0 Å². The number of thiophene rings is 1. The number of aromatic amines is 1. The molecule has 1 aliphatic heterocycles. The maximum atomic E-state index is 13.2. The third-order valence-corrected chi connectivity index (χ3v) is 9.03. The molecular formula is C31H28ClN7O3S. The summed E-state index contributed by atoms with van der Waals surface area (Å²) in [5.74, 6) is 0.181. The van der Waals surface area contributed by atoms with Crippen molar-refractivity contribution in [3.8, 4) is 11.3 Å². The zero-order valence-corrected chi connectivity index (χ0v) is 25.2. The molecule has 43 heavy (non-hydrogen) atoms. The molecule has 0 spiro atoms. The highest BCUT2D eigenvalue weighted by molar-refractivity contribution is 7.20. The topological polar surface area (TPSA) is 123 Å². The quantitative estimate of drug-likeness (QED) is 0.233. The van der Waals surface area contributed by atoms with Crippen LogP contribution in [0.25, 0.3) is 21.3 Å². The maximum absolute atomic E-state index is 13.2. The molecule has 1 fully saturated rings. The fraction of sp³-hybridized carbons (Fsp3) is 0.194. The lowest BCUT2D eigenvalue weighted by Gasteiger charge is -2.36. The molecule has 0 bridgehead atoms. The number of hydrogen-bond donors (Lipinski definition) is 3. The van der Waals surface area contributed by atoms with Crippen molar-refractivity contribution in [1.29, 1.82) is 0 Å². The van der Waals surface area contributed by atoms with E-state index in [4.69, 9.17) is 11.6 Å².